The highest BCUT2D eigenvalue weighted by Crippen LogP contribution is 2.26. The molecule has 0 aromatic heterocycles. The third-order valence-electron chi connectivity index (χ3n) is 3.19. The first-order valence-electron chi connectivity index (χ1n) is 6.37. The third-order valence-corrected chi connectivity index (χ3v) is 3.44. The standard InChI is InChI=1S/C16H12ClFO4/c1-8(19)11-6-7-12(16(21)22)13(14(11)18)15(20)9-2-4-10(17)5-3-9/h2-8,19H,1H3,(H,21,22). The van der Waals surface area contributed by atoms with E-state index in [1.807, 2.05) is 0 Å². The Labute approximate surface area is 130 Å². The van der Waals surface area contributed by atoms with Crippen molar-refractivity contribution in [3.05, 3.63) is 69.5 Å². The number of hydrogen-bond acceptors (Lipinski definition) is 3. The van der Waals surface area contributed by atoms with Gasteiger partial charge in [-0.05, 0) is 37.3 Å². The zero-order valence-electron chi connectivity index (χ0n) is 11.5. The summed E-state index contributed by atoms with van der Waals surface area (Å²) in [5.41, 5.74) is -1.06. The van der Waals surface area contributed by atoms with Crippen molar-refractivity contribution in [2.24, 2.45) is 0 Å². The molecule has 0 aliphatic heterocycles. The first-order chi connectivity index (χ1) is 10.3. The number of carboxylic acids is 1. The van der Waals surface area contributed by atoms with E-state index >= 15 is 0 Å². The highest BCUT2D eigenvalue weighted by atomic mass is 35.5. The first-order valence-corrected chi connectivity index (χ1v) is 6.74. The molecule has 0 heterocycles. The number of hydrogen-bond donors (Lipinski definition) is 2. The van der Waals surface area contributed by atoms with Gasteiger partial charge in [0, 0.05) is 16.1 Å². The number of carboxylic acid groups (broad SMARTS) is 1. The minimum absolute atomic E-state index is 0.105. The van der Waals surface area contributed by atoms with Gasteiger partial charge in [-0.15, -0.1) is 0 Å². The normalized spacial score (nSPS) is 12.0. The Balaban J connectivity index is 2.65. The minimum atomic E-state index is -1.42. The maximum Gasteiger partial charge on any atom is 0.336 e. The molecule has 2 aromatic rings. The SMILES string of the molecule is CC(O)c1ccc(C(=O)O)c(C(=O)c2ccc(Cl)cc2)c1F. The lowest BCUT2D eigenvalue weighted by Gasteiger charge is -2.12. The first kappa shape index (κ1) is 16.1. The van der Waals surface area contributed by atoms with Crippen LogP contribution in [-0.2, 0) is 0 Å². The second kappa shape index (κ2) is 6.25. The lowest BCUT2D eigenvalue weighted by molar-refractivity contribution is 0.0691. The van der Waals surface area contributed by atoms with Crippen LogP contribution in [0.3, 0.4) is 0 Å². The average Bonchev–Trinajstić information content (AvgIpc) is 2.46. The summed E-state index contributed by atoms with van der Waals surface area (Å²) in [7, 11) is 0. The van der Waals surface area contributed by atoms with Crippen molar-refractivity contribution in [1.82, 2.24) is 0 Å². The summed E-state index contributed by atoms with van der Waals surface area (Å²) in [5.74, 6) is -3.24. The van der Waals surface area contributed by atoms with Gasteiger partial charge < -0.3 is 10.2 Å². The summed E-state index contributed by atoms with van der Waals surface area (Å²) in [6, 6.07) is 7.92. The Kier molecular flexibility index (Phi) is 4.59. The number of aliphatic hydroxyl groups excluding tert-OH is 1. The summed E-state index contributed by atoms with van der Waals surface area (Å²) < 4.78 is 14.5. The molecule has 6 heteroatoms. The van der Waals surface area contributed by atoms with Crippen molar-refractivity contribution in [3.63, 3.8) is 0 Å². The number of benzene rings is 2. The maximum atomic E-state index is 14.5. The van der Waals surface area contributed by atoms with Crippen molar-refractivity contribution in [1.29, 1.82) is 0 Å². The molecule has 4 nitrogen and oxygen atoms in total. The topological polar surface area (TPSA) is 74.6 Å². The molecule has 1 unspecified atom stereocenters. The quantitative estimate of drug-likeness (QED) is 0.845. The van der Waals surface area contributed by atoms with Crippen LogP contribution in [0.15, 0.2) is 36.4 Å². The molecule has 0 amide bonds. The van der Waals surface area contributed by atoms with Crippen LogP contribution in [-0.4, -0.2) is 22.0 Å². The molecule has 0 saturated carbocycles. The molecule has 2 rings (SSSR count). The second-order valence-corrected chi connectivity index (χ2v) is 5.14. The molecular formula is C16H12ClFO4. The Morgan fingerprint density at radius 3 is 2.23 bits per heavy atom. The van der Waals surface area contributed by atoms with Gasteiger partial charge in [0.15, 0.2) is 5.78 Å². The van der Waals surface area contributed by atoms with Crippen LogP contribution in [0.2, 0.25) is 5.02 Å². The van der Waals surface area contributed by atoms with Crippen LogP contribution >= 0.6 is 11.6 Å². The van der Waals surface area contributed by atoms with Crippen molar-refractivity contribution in [3.8, 4) is 0 Å². The molecule has 2 aromatic carbocycles. The predicted molar refractivity (Wildman–Crippen MR) is 78.9 cm³/mol. The van der Waals surface area contributed by atoms with Crippen LogP contribution in [0.5, 0.6) is 0 Å². The summed E-state index contributed by atoms with van der Waals surface area (Å²) >= 11 is 5.73. The number of rotatable bonds is 4. The van der Waals surface area contributed by atoms with Crippen LogP contribution in [0.1, 0.15) is 44.9 Å². The molecule has 0 spiro atoms. The smallest absolute Gasteiger partial charge is 0.336 e. The summed E-state index contributed by atoms with van der Waals surface area (Å²) in [6.45, 7) is 1.33. The Hall–Kier alpha value is -2.24. The largest absolute Gasteiger partial charge is 0.478 e. The third kappa shape index (κ3) is 3.00. The van der Waals surface area contributed by atoms with Crippen LogP contribution in [0.4, 0.5) is 4.39 Å². The summed E-state index contributed by atoms with van der Waals surface area (Å²) in [4.78, 5) is 23.7. The summed E-state index contributed by atoms with van der Waals surface area (Å²) in [6.07, 6.45) is -1.17. The lowest BCUT2D eigenvalue weighted by Crippen LogP contribution is -2.15. The zero-order valence-corrected chi connectivity index (χ0v) is 12.3. The van der Waals surface area contributed by atoms with E-state index < -0.39 is 34.8 Å². The Bertz CT molecular complexity index is 739. The van der Waals surface area contributed by atoms with Crippen LogP contribution in [0, 0.1) is 5.82 Å². The van der Waals surface area contributed by atoms with Gasteiger partial charge >= 0.3 is 5.97 Å². The highest BCUT2D eigenvalue weighted by molar-refractivity contribution is 6.30. The highest BCUT2D eigenvalue weighted by Gasteiger charge is 2.25. The van der Waals surface area contributed by atoms with E-state index in [9.17, 15) is 19.1 Å². The van der Waals surface area contributed by atoms with E-state index in [0.29, 0.717) is 5.02 Å². The number of ketones is 1. The van der Waals surface area contributed by atoms with Crippen molar-refractivity contribution in [2.75, 3.05) is 0 Å². The van der Waals surface area contributed by atoms with Crippen LogP contribution < -0.4 is 0 Å². The fourth-order valence-corrected chi connectivity index (χ4v) is 2.19. The van der Waals surface area contributed by atoms with Gasteiger partial charge in [-0.1, -0.05) is 17.7 Å². The fraction of sp³-hybridized carbons (Fsp3) is 0.125. The van der Waals surface area contributed by atoms with Gasteiger partial charge in [0.25, 0.3) is 0 Å². The number of carbonyl (C=O) groups excluding carboxylic acids is 1. The second-order valence-electron chi connectivity index (χ2n) is 4.71. The van der Waals surface area contributed by atoms with Crippen LogP contribution in [0.25, 0.3) is 0 Å². The molecule has 114 valence electrons. The van der Waals surface area contributed by atoms with Gasteiger partial charge in [-0.2, -0.15) is 0 Å². The number of carbonyl (C=O) groups is 2. The zero-order chi connectivity index (χ0) is 16.4. The lowest BCUT2D eigenvalue weighted by atomic mass is 9.94. The summed E-state index contributed by atoms with van der Waals surface area (Å²) in [5, 5.41) is 19.1. The van der Waals surface area contributed by atoms with Gasteiger partial charge in [0.1, 0.15) is 5.82 Å². The molecule has 1 atom stereocenters. The number of aromatic carboxylic acids is 1. The molecule has 0 saturated heterocycles. The molecular weight excluding hydrogens is 311 g/mol. The Morgan fingerprint density at radius 1 is 1.14 bits per heavy atom. The van der Waals surface area contributed by atoms with Gasteiger partial charge in [-0.25, -0.2) is 9.18 Å². The van der Waals surface area contributed by atoms with E-state index in [-0.39, 0.29) is 11.1 Å². The molecule has 0 aliphatic carbocycles. The van der Waals surface area contributed by atoms with Gasteiger partial charge in [0.2, 0.25) is 0 Å². The molecule has 22 heavy (non-hydrogen) atoms. The van der Waals surface area contributed by atoms with E-state index in [1.165, 1.54) is 31.2 Å². The molecule has 2 N–H and O–H groups in total. The van der Waals surface area contributed by atoms with Crippen molar-refractivity contribution in [2.45, 2.75) is 13.0 Å². The predicted octanol–water partition coefficient (Wildman–Crippen LogP) is 3.46. The molecule has 0 aliphatic rings. The molecule has 0 fully saturated rings. The van der Waals surface area contributed by atoms with Gasteiger partial charge in [0.05, 0.1) is 17.2 Å². The van der Waals surface area contributed by atoms with Crippen molar-refractivity contribution < 1.29 is 24.2 Å². The monoisotopic (exact) mass is 322 g/mol. The van der Waals surface area contributed by atoms with Crippen molar-refractivity contribution >= 4 is 23.4 Å². The number of aliphatic hydroxyl groups is 1. The number of halogens is 2. The Morgan fingerprint density at radius 2 is 1.73 bits per heavy atom. The van der Waals surface area contributed by atoms with E-state index in [4.69, 9.17) is 16.7 Å². The van der Waals surface area contributed by atoms with E-state index in [0.717, 1.165) is 12.1 Å². The maximum absolute atomic E-state index is 14.5. The fourth-order valence-electron chi connectivity index (χ4n) is 2.06. The molecule has 0 bridgehead atoms. The average molecular weight is 323 g/mol. The minimum Gasteiger partial charge on any atom is -0.478 e. The molecule has 0 radical (unpaired) electrons. The van der Waals surface area contributed by atoms with E-state index in [1.54, 1.807) is 0 Å². The van der Waals surface area contributed by atoms with E-state index in [2.05, 4.69) is 0 Å². The van der Waals surface area contributed by atoms with Gasteiger partial charge in [-0.3, -0.25) is 4.79 Å².